The Bertz CT molecular complexity index is 1660. The average molecular weight is 620 g/mol. The van der Waals surface area contributed by atoms with Crippen molar-refractivity contribution in [2.45, 2.75) is 31.4 Å². The molecule has 1 saturated heterocycles. The van der Waals surface area contributed by atoms with Gasteiger partial charge in [-0.15, -0.1) is 0 Å². The Morgan fingerprint density at radius 2 is 1.76 bits per heavy atom. The molecule has 1 heterocycles. The van der Waals surface area contributed by atoms with E-state index in [9.17, 15) is 39.9 Å². The first-order chi connectivity index (χ1) is 21.5. The molecule has 0 radical (unpaired) electrons. The number of rotatable bonds is 7. The summed E-state index contributed by atoms with van der Waals surface area (Å²) in [6.45, 7) is 4.78. The number of phenols is 1. The maximum Gasteiger partial charge on any atom is 0.255 e. The minimum absolute atomic E-state index is 0.0528. The molecule has 2 aromatic carbocycles. The third-order valence-electron chi connectivity index (χ3n) is 9.81. The smallest absolute Gasteiger partial charge is 0.255 e. The van der Waals surface area contributed by atoms with Gasteiger partial charge in [-0.1, -0.05) is 12.1 Å². The lowest BCUT2D eigenvalue weighted by molar-refractivity contribution is -0.147. The number of amides is 1. The normalized spacial score (nSPS) is 25.6. The summed E-state index contributed by atoms with van der Waals surface area (Å²) in [7, 11) is 1.61. The number of Topliss-reactive ketones (excluding diaryl/α,β-unsaturated/α-hetero) is 2. The Morgan fingerprint density at radius 3 is 2.42 bits per heavy atom. The summed E-state index contributed by atoms with van der Waals surface area (Å²) in [6.07, 6.45) is -0.0919. The van der Waals surface area contributed by atoms with Crippen LogP contribution in [0.1, 0.15) is 29.5 Å². The highest BCUT2D eigenvalue weighted by Crippen LogP contribution is 2.53. The van der Waals surface area contributed by atoms with Crippen molar-refractivity contribution in [3.63, 3.8) is 0 Å². The highest BCUT2D eigenvalue weighted by atomic mass is 16.5. The third kappa shape index (κ3) is 4.98. The van der Waals surface area contributed by atoms with Gasteiger partial charge < -0.3 is 36.0 Å². The van der Waals surface area contributed by atoms with E-state index in [-0.39, 0.29) is 42.8 Å². The zero-order valence-corrected chi connectivity index (χ0v) is 25.0. The van der Waals surface area contributed by atoms with Gasteiger partial charge in [0.05, 0.1) is 19.3 Å². The Morgan fingerprint density at radius 1 is 1.04 bits per heavy atom. The predicted octanol–water partition coefficient (Wildman–Crippen LogP) is 1.21. The molecule has 238 valence electrons. The van der Waals surface area contributed by atoms with Crippen LogP contribution in [0, 0.1) is 11.8 Å². The van der Waals surface area contributed by atoms with Crippen LogP contribution in [0.5, 0.6) is 11.5 Å². The summed E-state index contributed by atoms with van der Waals surface area (Å²) < 4.78 is 5.67. The zero-order valence-electron chi connectivity index (χ0n) is 25.0. The fraction of sp³-hybridized carbons (Fsp3) is 0.424. The largest absolute Gasteiger partial charge is 0.508 e. The molecule has 2 fully saturated rings. The molecule has 0 unspecified atom stereocenters. The van der Waals surface area contributed by atoms with Gasteiger partial charge in [-0.2, -0.15) is 0 Å². The van der Waals surface area contributed by atoms with Crippen LogP contribution in [0.15, 0.2) is 47.2 Å². The van der Waals surface area contributed by atoms with Gasteiger partial charge in [0.1, 0.15) is 28.6 Å². The van der Waals surface area contributed by atoms with Crippen molar-refractivity contribution in [3.05, 3.63) is 63.9 Å². The van der Waals surface area contributed by atoms with E-state index < -0.39 is 52.0 Å². The Labute approximate surface area is 259 Å². The summed E-state index contributed by atoms with van der Waals surface area (Å²) in [5.74, 6) is -5.84. The predicted molar refractivity (Wildman–Crippen MR) is 162 cm³/mol. The van der Waals surface area contributed by atoms with Crippen LogP contribution in [0.2, 0.25) is 0 Å². The first kappa shape index (κ1) is 30.8. The topological polar surface area (TPSA) is 194 Å². The van der Waals surface area contributed by atoms with E-state index in [4.69, 9.17) is 10.5 Å². The van der Waals surface area contributed by atoms with Gasteiger partial charge >= 0.3 is 0 Å². The maximum atomic E-state index is 13.8. The standard InChI is InChI=1S/C33H37N3O9/c1-45-25-5-2-17(12-19(25)16-36-8-6-35(7-9-36)10-11-37)21-3-4-23(38)27-22(21)14-18-13-20-15-24(39)28(32(34)43)31(42)33(20,44)30(41)26(18)29(27)40/h2-5,12,18,20,37-38,40,42,44H,6-11,13-16H2,1H3,(H2,34,43)/t18-,20+,33+/m1/s1. The molecule has 6 rings (SSSR count). The van der Waals surface area contributed by atoms with Crippen LogP contribution in [0.4, 0.5) is 0 Å². The van der Waals surface area contributed by atoms with Gasteiger partial charge in [0.2, 0.25) is 5.78 Å². The highest BCUT2D eigenvalue weighted by molar-refractivity contribution is 6.22. The van der Waals surface area contributed by atoms with Gasteiger partial charge in [0.25, 0.3) is 5.91 Å². The number of ketones is 2. The van der Waals surface area contributed by atoms with Crippen molar-refractivity contribution in [2.75, 3.05) is 46.4 Å². The molecule has 0 bridgehead atoms. The minimum atomic E-state index is -2.60. The van der Waals surface area contributed by atoms with Crippen LogP contribution < -0.4 is 10.5 Å². The number of benzene rings is 2. The zero-order chi connectivity index (χ0) is 32.2. The Kier molecular flexibility index (Phi) is 7.94. The fourth-order valence-corrected chi connectivity index (χ4v) is 7.52. The molecule has 12 nitrogen and oxygen atoms in total. The lowest BCUT2D eigenvalue weighted by Crippen LogP contribution is -2.58. The van der Waals surface area contributed by atoms with E-state index in [2.05, 4.69) is 9.80 Å². The van der Waals surface area contributed by atoms with Crippen LogP contribution in [0.25, 0.3) is 16.9 Å². The monoisotopic (exact) mass is 619 g/mol. The number of carbonyl (C=O) groups is 3. The number of aliphatic hydroxyl groups is 4. The van der Waals surface area contributed by atoms with Gasteiger partial charge in [-0.3, -0.25) is 24.2 Å². The number of piperazine rings is 1. The number of hydrogen-bond acceptors (Lipinski definition) is 11. The van der Waals surface area contributed by atoms with Crippen LogP contribution in [-0.4, -0.2) is 105 Å². The van der Waals surface area contributed by atoms with E-state index in [0.717, 1.165) is 48.6 Å². The number of aliphatic hydroxyl groups excluding tert-OH is 3. The van der Waals surface area contributed by atoms with Gasteiger partial charge in [-0.25, -0.2) is 0 Å². The Hall–Kier alpha value is -4.23. The number of ether oxygens (including phenoxy) is 1. The summed E-state index contributed by atoms with van der Waals surface area (Å²) in [4.78, 5) is 42.9. The van der Waals surface area contributed by atoms with Crippen LogP contribution in [-0.2, 0) is 27.3 Å². The van der Waals surface area contributed by atoms with Crippen molar-refractivity contribution in [3.8, 4) is 22.6 Å². The number of carbonyl (C=O) groups excluding carboxylic acids is 3. The molecule has 4 aliphatic rings. The van der Waals surface area contributed by atoms with E-state index in [1.54, 1.807) is 13.2 Å². The molecule has 12 heteroatoms. The number of fused-ring (bicyclic) bond motifs is 3. The van der Waals surface area contributed by atoms with Crippen molar-refractivity contribution in [1.29, 1.82) is 0 Å². The van der Waals surface area contributed by atoms with Crippen molar-refractivity contribution >= 4 is 23.2 Å². The van der Waals surface area contributed by atoms with Gasteiger partial charge in [0, 0.05) is 62.7 Å². The molecule has 3 aliphatic carbocycles. The van der Waals surface area contributed by atoms with Crippen molar-refractivity contribution in [1.82, 2.24) is 9.80 Å². The minimum Gasteiger partial charge on any atom is -0.508 e. The van der Waals surface area contributed by atoms with E-state index in [1.165, 1.54) is 6.07 Å². The van der Waals surface area contributed by atoms with E-state index in [0.29, 0.717) is 18.7 Å². The van der Waals surface area contributed by atoms with Crippen LogP contribution in [0.3, 0.4) is 0 Å². The molecule has 0 aromatic heterocycles. The molecule has 2 aromatic rings. The van der Waals surface area contributed by atoms with Crippen molar-refractivity contribution < 1.29 is 44.7 Å². The lowest BCUT2D eigenvalue weighted by atomic mass is 9.59. The van der Waals surface area contributed by atoms with Crippen LogP contribution >= 0.6 is 0 Å². The number of primary amides is 1. The number of phenolic OH excluding ortho intramolecular Hbond substituents is 1. The third-order valence-corrected chi connectivity index (χ3v) is 9.81. The second kappa shape index (κ2) is 11.6. The second-order valence-electron chi connectivity index (χ2n) is 12.3. The fourth-order valence-electron chi connectivity index (χ4n) is 7.52. The summed E-state index contributed by atoms with van der Waals surface area (Å²) >= 11 is 0. The number of β-amino-alcohol motifs (C(OH)–C–C–N with tert-alkyl or cyclic N) is 1. The maximum absolute atomic E-state index is 13.8. The van der Waals surface area contributed by atoms with Crippen molar-refractivity contribution in [2.24, 2.45) is 17.6 Å². The molecule has 1 saturated carbocycles. The lowest BCUT2D eigenvalue weighted by Gasteiger charge is -2.46. The highest BCUT2D eigenvalue weighted by Gasteiger charge is 2.60. The Balaban J connectivity index is 1.38. The number of nitrogens with two attached hydrogens (primary N) is 1. The molecule has 3 atom stereocenters. The number of aromatic hydroxyl groups is 1. The number of nitrogens with zero attached hydrogens (tertiary/aromatic N) is 2. The molecule has 1 aliphatic heterocycles. The average Bonchev–Trinajstić information content (AvgIpc) is 3.00. The SMILES string of the molecule is COc1ccc(-c2ccc(O)c3c2C[C@H]2C[C@H]4CC(=O)C(C(N)=O)=C(O)[C@@]4(O)C(=O)C2=C3O)cc1CN1CCN(CCO)CC1. The molecule has 0 spiro atoms. The first-order valence-electron chi connectivity index (χ1n) is 15.0. The summed E-state index contributed by atoms with van der Waals surface area (Å²) in [5, 5.41) is 53.9. The molecule has 45 heavy (non-hydrogen) atoms. The number of methoxy groups -OCH3 is 1. The molecule has 1 amide bonds. The van der Waals surface area contributed by atoms with Gasteiger partial charge in [-0.05, 0) is 53.6 Å². The van der Waals surface area contributed by atoms with E-state index >= 15 is 0 Å². The molecular weight excluding hydrogens is 582 g/mol. The van der Waals surface area contributed by atoms with Gasteiger partial charge in [0.15, 0.2) is 11.4 Å². The number of hydrogen-bond donors (Lipinski definition) is 6. The summed E-state index contributed by atoms with van der Waals surface area (Å²) in [5.41, 5.74) is 4.84. The van der Waals surface area contributed by atoms with E-state index in [1.807, 2.05) is 18.2 Å². The summed E-state index contributed by atoms with van der Waals surface area (Å²) in [6, 6.07) is 8.97. The first-order valence-corrected chi connectivity index (χ1v) is 15.0. The second-order valence-corrected chi connectivity index (χ2v) is 12.3. The quantitative estimate of drug-likeness (QED) is 0.244. The molecular formula is C33H37N3O9. The molecule has 7 N–H and O–H groups in total.